The van der Waals surface area contributed by atoms with Crippen LogP contribution in [0, 0.1) is 25.1 Å². The number of carbonyl (C=O) groups is 1. The van der Waals surface area contributed by atoms with E-state index in [0.717, 1.165) is 18.9 Å². The molecule has 5 rings (SSSR count). The van der Waals surface area contributed by atoms with Crippen molar-refractivity contribution in [2.24, 2.45) is 0 Å². The number of hydrogen-bond donors (Lipinski definition) is 2. The first-order valence-electron chi connectivity index (χ1n) is 10.1. The lowest BCUT2D eigenvalue weighted by Gasteiger charge is -2.18. The van der Waals surface area contributed by atoms with E-state index in [1.807, 2.05) is 0 Å². The van der Waals surface area contributed by atoms with Crippen LogP contribution >= 0.6 is 0 Å². The van der Waals surface area contributed by atoms with Gasteiger partial charge in [-0.15, -0.1) is 6.42 Å². The predicted octanol–water partition coefficient (Wildman–Crippen LogP) is 3.97. The molecule has 1 aliphatic rings. The number of carboxylic acids is 1. The van der Waals surface area contributed by atoms with Crippen LogP contribution in [0.15, 0.2) is 46.1 Å². The maximum Gasteiger partial charge on any atom is 0.341 e. The maximum absolute atomic E-state index is 15.4. The lowest BCUT2D eigenvalue weighted by atomic mass is 9.93. The van der Waals surface area contributed by atoms with Crippen LogP contribution < -0.4 is 11.0 Å². The fourth-order valence-electron chi connectivity index (χ4n) is 4.35. The number of nitrogens with one attached hydrogen (secondary N) is 1. The number of carboxylic acid groups (broad SMARTS) is 1. The minimum Gasteiger partial charge on any atom is -0.477 e. The normalized spacial score (nSPS) is 13.4. The van der Waals surface area contributed by atoms with Crippen molar-refractivity contribution >= 4 is 27.8 Å². The summed E-state index contributed by atoms with van der Waals surface area (Å²) in [4.78, 5) is 38.8. The van der Waals surface area contributed by atoms with Crippen LogP contribution in [0.1, 0.15) is 40.4 Å². The second-order valence-electron chi connectivity index (χ2n) is 8.03. The molecule has 2 aromatic carbocycles. The van der Waals surface area contributed by atoms with E-state index >= 15 is 4.39 Å². The molecule has 6 nitrogen and oxygen atoms in total. The highest BCUT2D eigenvalue weighted by Crippen LogP contribution is 2.40. The molecule has 0 atom stereocenters. The molecule has 2 aromatic heterocycles. The minimum absolute atomic E-state index is 0.0397. The lowest BCUT2D eigenvalue weighted by Crippen LogP contribution is -2.19. The zero-order valence-electron chi connectivity index (χ0n) is 17.0. The number of aromatic carboxylic acids is 1. The first-order valence-corrected chi connectivity index (χ1v) is 10.1. The molecule has 7 heteroatoms. The third-order valence-corrected chi connectivity index (χ3v) is 5.96. The minimum atomic E-state index is -1.34. The number of hydrogen-bond acceptors (Lipinski definition) is 3. The molecule has 158 valence electrons. The van der Waals surface area contributed by atoms with Crippen molar-refractivity contribution in [1.82, 2.24) is 9.55 Å². The maximum atomic E-state index is 15.4. The number of halogens is 1. The number of nitrogens with zero attached hydrogens (tertiary/aromatic N) is 1. The summed E-state index contributed by atoms with van der Waals surface area (Å²) >= 11 is 0. The molecule has 0 amide bonds. The zero-order valence-corrected chi connectivity index (χ0v) is 17.0. The summed E-state index contributed by atoms with van der Waals surface area (Å²) in [6, 6.07) is 7.52. The summed E-state index contributed by atoms with van der Waals surface area (Å²) in [6.45, 7) is 1.71. The average molecular weight is 428 g/mol. The molecule has 0 radical (unpaired) electrons. The Balaban J connectivity index is 1.88. The number of terminal acetylenes is 1. The number of aryl methyl sites for hydroxylation is 1. The van der Waals surface area contributed by atoms with Crippen LogP contribution in [0.25, 0.3) is 32.9 Å². The topological polar surface area (TPSA) is 92.2 Å². The number of pyridine rings is 2. The standard InChI is InChI=1S/C25H17FN2O4/c1-3-13-8-15(9-14-4-7-20(29)27-22(13)14)21-12(2)23-17(10-19(21)26)24(30)18(25(31)32)11-28(23)16-5-6-16/h1,4,7-11,16H,5-6H2,2H3,(H,27,29)(H,31,32). The van der Waals surface area contributed by atoms with Crippen molar-refractivity contribution in [3.8, 4) is 23.5 Å². The summed E-state index contributed by atoms with van der Waals surface area (Å²) in [6.07, 6.45) is 8.72. The highest BCUT2D eigenvalue weighted by Gasteiger charge is 2.29. The highest BCUT2D eigenvalue weighted by atomic mass is 19.1. The van der Waals surface area contributed by atoms with E-state index in [0.29, 0.717) is 33.1 Å². The summed E-state index contributed by atoms with van der Waals surface area (Å²) < 4.78 is 17.2. The van der Waals surface area contributed by atoms with E-state index in [1.54, 1.807) is 29.7 Å². The Morgan fingerprint density at radius 2 is 2.00 bits per heavy atom. The van der Waals surface area contributed by atoms with Crippen LogP contribution in [-0.2, 0) is 0 Å². The lowest BCUT2D eigenvalue weighted by molar-refractivity contribution is 0.0695. The monoisotopic (exact) mass is 428 g/mol. The number of aromatic amines is 1. The SMILES string of the molecule is C#Cc1cc(-c2c(F)cc3c(=O)c(C(=O)O)cn(C4CC4)c3c2C)cc2ccc(=O)[nH]c12. The molecular formula is C25H17FN2O4. The van der Waals surface area contributed by atoms with Gasteiger partial charge in [0, 0.05) is 40.2 Å². The van der Waals surface area contributed by atoms with Gasteiger partial charge >= 0.3 is 5.97 Å². The van der Waals surface area contributed by atoms with Crippen molar-refractivity contribution < 1.29 is 14.3 Å². The Morgan fingerprint density at radius 3 is 2.66 bits per heavy atom. The van der Waals surface area contributed by atoms with Gasteiger partial charge < -0.3 is 14.7 Å². The predicted molar refractivity (Wildman–Crippen MR) is 120 cm³/mol. The number of benzene rings is 2. The Morgan fingerprint density at radius 1 is 1.25 bits per heavy atom. The van der Waals surface area contributed by atoms with Crippen LogP contribution in [0.5, 0.6) is 0 Å². The average Bonchev–Trinajstić information content (AvgIpc) is 3.59. The third-order valence-electron chi connectivity index (χ3n) is 5.96. The van der Waals surface area contributed by atoms with E-state index in [-0.39, 0.29) is 28.1 Å². The van der Waals surface area contributed by atoms with E-state index in [2.05, 4.69) is 10.9 Å². The fraction of sp³-hybridized carbons (Fsp3) is 0.160. The smallest absolute Gasteiger partial charge is 0.341 e. The molecule has 1 fully saturated rings. The summed E-state index contributed by atoms with van der Waals surface area (Å²) in [7, 11) is 0. The Kier molecular flexibility index (Phi) is 4.28. The van der Waals surface area contributed by atoms with Gasteiger partial charge in [-0.3, -0.25) is 9.59 Å². The molecule has 1 saturated carbocycles. The van der Waals surface area contributed by atoms with Crippen molar-refractivity contribution in [2.75, 3.05) is 0 Å². The van der Waals surface area contributed by atoms with Gasteiger partial charge in [0.05, 0.1) is 11.0 Å². The second kappa shape index (κ2) is 6.92. The largest absolute Gasteiger partial charge is 0.477 e. The zero-order chi connectivity index (χ0) is 22.7. The fourth-order valence-corrected chi connectivity index (χ4v) is 4.35. The van der Waals surface area contributed by atoms with E-state index in [4.69, 9.17) is 6.42 Å². The van der Waals surface area contributed by atoms with Crippen molar-refractivity contribution in [1.29, 1.82) is 0 Å². The van der Waals surface area contributed by atoms with Gasteiger partial charge in [0.1, 0.15) is 11.4 Å². The van der Waals surface area contributed by atoms with Crippen molar-refractivity contribution in [3.05, 3.63) is 79.6 Å². The van der Waals surface area contributed by atoms with Crippen LogP contribution in [-0.4, -0.2) is 20.6 Å². The molecule has 0 unspecified atom stereocenters. The summed E-state index contributed by atoms with van der Waals surface area (Å²) in [5.74, 6) is 0.552. The number of H-pyrrole nitrogens is 1. The Hall–Kier alpha value is -4.18. The summed E-state index contributed by atoms with van der Waals surface area (Å²) in [5.41, 5.74) is 1.34. The van der Waals surface area contributed by atoms with Crippen LogP contribution in [0.3, 0.4) is 0 Å². The molecule has 4 aromatic rings. The molecule has 1 aliphatic carbocycles. The Labute approximate surface area is 180 Å². The molecule has 2 N–H and O–H groups in total. The third kappa shape index (κ3) is 2.92. The van der Waals surface area contributed by atoms with Gasteiger partial charge in [-0.1, -0.05) is 5.92 Å². The number of aromatic nitrogens is 2. The van der Waals surface area contributed by atoms with E-state index < -0.39 is 17.2 Å². The Bertz CT molecular complexity index is 1640. The highest BCUT2D eigenvalue weighted by molar-refractivity contribution is 5.97. The van der Waals surface area contributed by atoms with Gasteiger partial charge in [0.15, 0.2) is 0 Å². The molecule has 0 bridgehead atoms. The second-order valence-corrected chi connectivity index (χ2v) is 8.03. The van der Waals surface area contributed by atoms with E-state index in [1.165, 1.54) is 12.3 Å². The van der Waals surface area contributed by atoms with Gasteiger partial charge in [-0.2, -0.15) is 0 Å². The molecule has 0 saturated heterocycles. The van der Waals surface area contributed by atoms with Crippen molar-refractivity contribution in [2.45, 2.75) is 25.8 Å². The van der Waals surface area contributed by atoms with Crippen LogP contribution in [0.2, 0.25) is 0 Å². The first-order chi connectivity index (χ1) is 15.3. The number of fused-ring (bicyclic) bond motifs is 2. The number of rotatable bonds is 3. The first kappa shape index (κ1) is 19.8. The molecule has 0 spiro atoms. The van der Waals surface area contributed by atoms with Crippen molar-refractivity contribution in [3.63, 3.8) is 0 Å². The molecule has 0 aliphatic heterocycles. The van der Waals surface area contributed by atoms with E-state index in [9.17, 15) is 19.5 Å². The van der Waals surface area contributed by atoms with Gasteiger partial charge in [-0.05, 0) is 55.2 Å². The molecular weight excluding hydrogens is 411 g/mol. The quantitative estimate of drug-likeness (QED) is 0.483. The van der Waals surface area contributed by atoms with Gasteiger partial charge in [0.25, 0.3) is 0 Å². The molecule has 2 heterocycles. The van der Waals surface area contributed by atoms with Gasteiger partial charge in [-0.25, -0.2) is 9.18 Å². The molecule has 32 heavy (non-hydrogen) atoms. The van der Waals surface area contributed by atoms with Gasteiger partial charge in [0.2, 0.25) is 11.0 Å². The summed E-state index contributed by atoms with van der Waals surface area (Å²) in [5, 5.41) is 10.1. The van der Waals surface area contributed by atoms with Crippen LogP contribution in [0.4, 0.5) is 4.39 Å².